The molecule has 0 radical (unpaired) electrons. The van der Waals surface area contributed by atoms with E-state index in [0.717, 1.165) is 22.6 Å². The maximum Gasteiger partial charge on any atom is 0.130 e. The fraction of sp³-hybridized carbons (Fsp3) is 0.267. The summed E-state index contributed by atoms with van der Waals surface area (Å²) in [4.78, 5) is 4.20. The van der Waals surface area contributed by atoms with Crippen molar-refractivity contribution in [3.8, 4) is 5.75 Å². The number of rotatable bonds is 4. The number of aromatic nitrogens is 1. The summed E-state index contributed by atoms with van der Waals surface area (Å²) in [5.41, 5.74) is 2.78. The monoisotopic (exact) mass is 243 g/mol. The van der Waals surface area contributed by atoms with Gasteiger partial charge >= 0.3 is 0 Å². The molecule has 0 spiro atoms. The van der Waals surface area contributed by atoms with Gasteiger partial charge in [0.05, 0.1) is 11.8 Å². The van der Waals surface area contributed by atoms with E-state index >= 15 is 0 Å². The number of ether oxygens (including phenoxy) is 1. The Morgan fingerprint density at radius 1 is 1.28 bits per heavy atom. The molecule has 2 rings (SSSR count). The SMILES string of the molecule is Cc1ccc([C@H](C)O)c(OCc2ccccn2)c1. The number of aryl methyl sites for hydroxylation is 1. The standard InChI is InChI=1S/C15H17NO2/c1-11-6-7-14(12(2)17)15(9-11)18-10-13-5-3-4-8-16-13/h3-9,12,17H,10H2,1-2H3/t12-/m0/s1. The Kier molecular flexibility index (Phi) is 3.95. The quantitative estimate of drug-likeness (QED) is 0.897. The van der Waals surface area contributed by atoms with Crippen molar-refractivity contribution in [3.63, 3.8) is 0 Å². The minimum Gasteiger partial charge on any atom is -0.487 e. The maximum atomic E-state index is 9.70. The summed E-state index contributed by atoms with van der Waals surface area (Å²) in [6.07, 6.45) is 1.20. The zero-order valence-corrected chi connectivity index (χ0v) is 10.6. The summed E-state index contributed by atoms with van der Waals surface area (Å²) in [5, 5.41) is 9.70. The molecule has 1 atom stereocenters. The fourth-order valence-corrected chi connectivity index (χ4v) is 1.75. The van der Waals surface area contributed by atoms with Crippen molar-refractivity contribution in [2.45, 2.75) is 26.6 Å². The van der Waals surface area contributed by atoms with E-state index in [2.05, 4.69) is 4.98 Å². The minimum absolute atomic E-state index is 0.407. The Balaban J connectivity index is 2.15. The van der Waals surface area contributed by atoms with Gasteiger partial charge < -0.3 is 9.84 Å². The number of aliphatic hydroxyl groups excluding tert-OH is 1. The lowest BCUT2D eigenvalue weighted by Gasteiger charge is -2.14. The zero-order chi connectivity index (χ0) is 13.0. The highest BCUT2D eigenvalue weighted by atomic mass is 16.5. The molecule has 1 aromatic carbocycles. The third kappa shape index (κ3) is 3.08. The van der Waals surface area contributed by atoms with Crippen LogP contribution >= 0.6 is 0 Å². The predicted molar refractivity (Wildman–Crippen MR) is 70.4 cm³/mol. The first-order chi connectivity index (χ1) is 8.66. The highest BCUT2D eigenvalue weighted by Gasteiger charge is 2.09. The second-order valence-electron chi connectivity index (χ2n) is 4.33. The molecule has 94 valence electrons. The lowest BCUT2D eigenvalue weighted by molar-refractivity contribution is 0.190. The van der Waals surface area contributed by atoms with Crippen LogP contribution in [0.15, 0.2) is 42.6 Å². The van der Waals surface area contributed by atoms with Crippen molar-refractivity contribution >= 4 is 0 Å². The van der Waals surface area contributed by atoms with Crippen LogP contribution in [0, 0.1) is 6.92 Å². The normalized spacial score (nSPS) is 12.2. The third-order valence-corrected chi connectivity index (χ3v) is 2.72. The number of hydrogen-bond acceptors (Lipinski definition) is 3. The Bertz CT molecular complexity index is 509. The van der Waals surface area contributed by atoms with Gasteiger partial charge in [-0.25, -0.2) is 0 Å². The molecule has 3 nitrogen and oxygen atoms in total. The first-order valence-electron chi connectivity index (χ1n) is 5.98. The Labute approximate surface area is 107 Å². The van der Waals surface area contributed by atoms with Crippen LogP contribution < -0.4 is 4.74 Å². The molecule has 0 aliphatic rings. The summed E-state index contributed by atoms with van der Waals surface area (Å²) in [5.74, 6) is 0.718. The van der Waals surface area contributed by atoms with Crippen LogP contribution in [0.2, 0.25) is 0 Å². The van der Waals surface area contributed by atoms with Crippen LogP contribution in [-0.2, 0) is 6.61 Å². The molecule has 1 heterocycles. The van der Waals surface area contributed by atoms with Gasteiger partial charge in [0, 0.05) is 11.8 Å². The van der Waals surface area contributed by atoms with Crippen molar-refractivity contribution in [2.24, 2.45) is 0 Å². The number of aliphatic hydroxyl groups is 1. The van der Waals surface area contributed by atoms with E-state index in [1.54, 1.807) is 13.1 Å². The van der Waals surface area contributed by atoms with Gasteiger partial charge in [-0.15, -0.1) is 0 Å². The Hall–Kier alpha value is -1.87. The van der Waals surface area contributed by atoms with E-state index in [1.165, 1.54) is 0 Å². The van der Waals surface area contributed by atoms with E-state index in [1.807, 2.05) is 43.3 Å². The van der Waals surface area contributed by atoms with Crippen molar-refractivity contribution in [1.29, 1.82) is 0 Å². The van der Waals surface area contributed by atoms with Crippen molar-refractivity contribution in [3.05, 3.63) is 59.4 Å². The molecular weight excluding hydrogens is 226 g/mol. The molecule has 1 aromatic heterocycles. The smallest absolute Gasteiger partial charge is 0.130 e. The van der Waals surface area contributed by atoms with E-state index in [0.29, 0.717) is 6.61 Å². The van der Waals surface area contributed by atoms with Gasteiger partial charge in [-0.1, -0.05) is 18.2 Å². The minimum atomic E-state index is -0.538. The number of hydrogen-bond donors (Lipinski definition) is 1. The largest absolute Gasteiger partial charge is 0.487 e. The van der Waals surface area contributed by atoms with Gasteiger partial charge in [0.2, 0.25) is 0 Å². The molecule has 0 aliphatic carbocycles. The van der Waals surface area contributed by atoms with Crippen LogP contribution in [0.5, 0.6) is 5.75 Å². The first-order valence-corrected chi connectivity index (χ1v) is 5.98. The molecular formula is C15H17NO2. The molecule has 2 aromatic rings. The van der Waals surface area contributed by atoms with Crippen LogP contribution in [0.4, 0.5) is 0 Å². The van der Waals surface area contributed by atoms with E-state index in [-0.39, 0.29) is 0 Å². The van der Waals surface area contributed by atoms with Gasteiger partial charge in [-0.3, -0.25) is 4.98 Å². The molecule has 0 fully saturated rings. The van der Waals surface area contributed by atoms with Gasteiger partial charge in [0.25, 0.3) is 0 Å². The summed E-state index contributed by atoms with van der Waals surface area (Å²) in [6.45, 7) is 4.14. The van der Waals surface area contributed by atoms with Gasteiger partial charge in [0.1, 0.15) is 12.4 Å². The number of benzene rings is 1. The van der Waals surface area contributed by atoms with Crippen LogP contribution in [-0.4, -0.2) is 10.1 Å². The van der Waals surface area contributed by atoms with E-state index < -0.39 is 6.10 Å². The highest BCUT2D eigenvalue weighted by molar-refractivity contribution is 5.38. The fourth-order valence-electron chi connectivity index (χ4n) is 1.75. The number of pyridine rings is 1. The van der Waals surface area contributed by atoms with Gasteiger partial charge in [0.15, 0.2) is 0 Å². The Morgan fingerprint density at radius 2 is 2.11 bits per heavy atom. The van der Waals surface area contributed by atoms with Crippen LogP contribution in [0.25, 0.3) is 0 Å². The van der Waals surface area contributed by atoms with Crippen molar-refractivity contribution in [2.75, 3.05) is 0 Å². The molecule has 0 unspecified atom stereocenters. The molecule has 0 amide bonds. The number of nitrogens with zero attached hydrogens (tertiary/aromatic N) is 1. The predicted octanol–water partition coefficient (Wildman–Crippen LogP) is 3.02. The first kappa shape index (κ1) is 12.6. The zero-order valence-electron chi connectivity index (χ0n) is 10.6. The topological polar surface area (TPSA) is 42.4 Å². The molecule has 0 aliphatic heterocycles. The highest BCUT2D eigenvalue weighted by Crippen LogP contribution is 2.26. The third-order valence-electron chi connectivity index (χ3n) is 2.72. The summed E-state index contributed by atoms with van der Waals surface area (Å²) in [6, 6.07) is 11.5. The maximum absolute atomic E-state index is 9.70. The summed E-state index contributed by atoms with van der Waals surface area (Å²) >= 11 is 0. The van der Waals surface area contributed by atoms with Crippen molar-refractivity contribution < 1.29 is 9.84 Å². The van der Waals surface area contributed by atoms with E-state index in [4.69, 9.17) is 4.74 Å². The molecule has 1 N–H and O–H groups in total. The van der Waals surface area contributed by atoms with Crippen LogP contribution in [0.1, 0.15) is 29.8 Å². The van der Waals surface area contributed by atoms with Crippen molar-refractivity contribution in [1.82, 2.24) is 4.98 Å². The summed E-state index contributed by atoms with van der Waals surface area (Å²) in [7, 11) is 0. The molecule has 18 heavy (non-hydrogen) atoms. The molecule has 3 heteroatoms. The second-order valence-corrected chi connectivity index (χ2v) is 4.33. The second kappa shape index (κ2) is 5.65. The lowest BCUT2D eigenvalue weighted by atomic mass is 10.1. The average Bonchev–Trinajstić information content (AvgIpc) is 2.37. The lowest BCUT2D eigenvalue weighted by Crippen LogP contribution is -2.02. The van der Waals surface area contributed by atoms with E-state index in [9.17, 15) is 5.11 Å². The van der Waals surface area contributed by atoms with Crippen LogP contribution in [0.3, 0.4) is 0 Å². The molecule has 0 bridgehead atoms. The average molecular weight is 243 g/mol. The van der Waals surface area contributed by atoms with Gasteiger partial charge in [-0.05, 0) is 37.6 Å². The summed E-state index contributed by atoms with van der Waals surface area (Å²) < 4.78 is 5.74. The molecule has 0 saturated carbocycles. The molecule has 0 saturated heterocycles. The van der Waals surface area contributed by atoms with Gasteiger partial charge in [-0.2, -0.15) is 0 Å². The Morgan fingerprint density at radius 3 is 2.78 bits per heavy atom.